The molecule has 2 heterocycles. The maximum absolute atomic E-state index is 11.5. The smallest absolute Gasteiger partial charge is 0.193 e. The standard InChI is InChI=1S/C12H16N2OS/c1-8(2)11(9(3)15)6-10-7-14-4-5-16-12(14)13-10/h4-5,7-8,11H,6H2,1-3H3. The Morgan fingerprint density at radius 2 is 2.31 bits per heavy atom. The van der Waals surface area contributed by atoms with Crippen LogP contribution in [0.25, 0.3) is 4.96 Å². The van der Waals surface area contributed by atoms with Crippen molar-refractivity contribution in [1.82, 2.24) is 9.38 Å². The predicted octanol–water partition coefficient (Wildman–Crippen LogP) is 2.80. The highest BCUT2D eigenvalue weighted by Crippen LogP contribution is 2.19. The van der Waals surface area contributed by atoms with Gasteiger partial charge in [0.15, 0.2) is 4.96 Å². The average molecular weight is 236 g/mol. The normalized spacial score (nSPS) is 13.5. The van der Waals surface area contributed by atoms with E-state index in [0.29, 0.717) is 5.92 Å². The van der Waals surface area contributed by atoms with E-state index in [1.807, 2.05) is 22.2 Å². The van der Waals surface area contributed by atoms with Crippen molar-refractivity contribution in [3.8, 4) is 0 Å². The number of carbonyl (C=O) groups is 1. The lowest BCUT2D eigenvalue weighted by molar-refractivity contribution is -0.121. The van der Waals surface area contributed by atoms with E-state index in [2.05, 4.69) is 18.8 Å². The van der Waals surface area contributed by atoms with Gasteiger partial charge in [-0.2, -0.15) is 0 Å². The van der Waals surface area contributed by atoms with Gasteiger partial charge in [0.05, 0.1) is 5.69 Å². The van der Waals surface area contributed by atoms with E-state index in [1.165, 1.54) is 0 Å². The molecule has 0 N–H and O–H groups in total. The Morgan fingerprint density at radius 1 is 1.56 bits per heavy atom. The van der Waals surface area contributed by atoms with E-state index in [0.717, 1.165) is 17.1 Å². The number of hydrogen-bond donors (Lipinski definition) is 0. The van der Waals surface area contributed by atoms with Gasteiger partial charge in [-0.05, 0) is 12.8 Å². The number of hydrogen-bond acceptors (Lipinski definition) is 3. The van der Waals surface area contributed by atoms with Gasteiger partial charge in [-0.1, -0.05) is 13.8 Å². The fourth-order valence-electron chi connectivity index (χ4n) is 1.95. The molecule has 4 heteroatoms. The third-order valence-corrected chi connectivity index (χ3v) is 3.67. The summed E-state index contributed by atoms with van der Waals surface area (Å²) in [6.45, 7) is 5.85. The maximum Gasteiger partial charge on any atom is 0.193 e. The van der Waals surface area contributed by atoms with E-state index >= 15 is 0 Å². The summed E-state index contributed by atoms with van der Waals surface area (Å²) < 4.78 is 2.01. The first kappa shape index (κ1) is 11.3. The fraction of sp³-hybridized carbons (Fsp3) is 0.500. The van der Waals surface area contributed by atoms with Gasteiger partial charge in [0.2, 0.25) is 0 Å². The van der Waals surface area contributed by atoms with Gasteiger partial charge in [-0.25, -0.2) is 4.98 Å². The molecule has 0 spiro atoms. The Hall–Kier alpha value is -1.16. The number of ketones is 1. The molecule has 0 saturated heterocycles. The zero-order chi connectivity index (χ0) is 11.7. The maximum atomic E-state index is 11.5. The van der Waals surface area contributed by atoms with E-state index < -0.39 is 0 Å². The van der Waals surface area contributed by atoms with Crippen LogP contribution in [0, 0.1) is 11.8 Å². The molecule has 2 aromatic heterocycles. The molecule has 86 valence electrons. The van der Waals surface area contributed by atoms with Crippen LogP contribution in [0.1, 0.15) is 26.5 Å². The molecule has 0 radical (unpaired) electrons. The first-order chi connectivity index (χ1) is 7.58. The van der Waals surface area contributed by atoms with E-state index in [-0.39, 0.29) is 11.7 Å². The van der Waals surface area contributed by atoms with Gasteiger partial charge in [0.25, 0.3) is 0 Å². The minimum absolute atomic E-state index is 0.0876. The summed E-state index contributed by atoms with van der Waals surface area (Å²) in [6, 6.07) is 0. The second-order valence-electron chi connectivity index (χ2n) is 4.49. The summed E-state index contributed by atoms with van der Waals surface area (Å²) in [5, 5.41) is 2.01. The van der Waals surface area contributed by atoms with Crippen LogP contribution in [-0.2, 0) is 11.2 Å². The average Bonchev–Trinajstić information content (AvgIpc) is 2.71. The number of carbonyl (C=O) groups excluding carboxylic acids is 1. The number of imidazole rings is 1. The summed E-state index contributed by atoms with van der Waals surface area (Å²) in [5.74, 6) is 0.716. The van der Waals surface area contributed by atoms with Gasteiger partial charge in [0, 0.05) is 30.1 Å². The van der Waals surface area contributed by atoms with Gasteiger partial charge >= 0.3 is 0 Å². The molecule has 0 aliphatic carbocycles. The van der Waals surface area contributed by atoms with Crippen LogP contribution < -0.4 is 0 Å². The highest BCUT2D eigenvalue weighted by Gasteiger charge is 2.20. The zero-order valence-corrected chi connectivity index (χ0v) is 10.6. The molecule has 0 bridgehead atoms. The van der Waals surface area contributed by atoms with Crippen LogP contribution in [0.2, 0.25) is 0 Å². The summed E-state index contributed by atoms with van der Waals surface area (Å²) >= 11 is 1.62. The van der Waals surface area contributed by atoms with Crippen molar-refractivity contribution in [3.63, 3.8) is 0 Å². The molecule has 0 aliphatic rings. The van der Waals surface area contributed by atoms with Crippen molar-refractivity contribution in [2.24, 2.45) is 11.8 Å². The third kappa shape index (κ3) is 2.16. The van der Waals surface area contributed by atoms with Gasteiger partial charge < -0.3 is 0 Å². The molecule has 0 saturated carbocycles. The number of Topliss-reactive ketones (excluding diaryl/α,β-unsaturated/α-hetero) is 1. The molecule has 0 aliphatic heterocycles. The summed E-state index contributed by atoms with van der Waals surface area (Å²) in [7, 11) is 0. The molecule has 2 aromatic rings. The van der Waals surface area contributed by atoms with Crippen molar-refractivity contribution >= 4 is 22.1 Å². The molecule has 16 heavy (non-hydrogen) atoms. The number of thiazole rings is 1. The van der Waals surface area contributed by atoms with E-state index in [4.69, 9.17) is 0 Å². The topological polar surface area (TPSA) is 34.4 Å². The molecule has 1 unspecified atom stereocenters. The molecule has 3 nitrogen and oxygen atoms in total. The van der Waals surface area contributed by atoms with Crippen LogP contribution >= 0.6 is 11.3 Å². The van der Waals surface area contributed by atoms with Crippen LogP contribution in [0.5, 0.6) is 0 Å². The van der Waals surface area contributed by atoms with Crippen LogP contribution in [0.4, 0.5) is 0 Å². The van der Waals surface area contributed by atoms with Gasteiger partial charge in [0.1, 0.15) is 5.78 Å². The number of aromatic nitrogens is 2. The van der Waals surface area contributed by atoms with E-state index in [1.54, 1.807) is 18.3 Å². The lowest BCUT2D eigenvalue weighted by Gasteiger charge is -2.15. The first-order valence-electron chi connectivity index (χ1n) is 5.49. The van der Waals surface area contributed by atoms with Crippen molar-refractivity contribution in [2.45, 2.75) is 27.2 Å². The fourth-order valence-corrected chi connectivity index (χ4v) is 2.67. The molecule has 0 amide bonds. The second-order valence-corrected chi connectivity index (χ2v) is 5.36. The van der Waals surface area contributed by atoms with Crippen LogP contribution in [0.15, 0.2) is 17.8 Å². The van der Waals surface area contributed by atoms with Crippen LogP contribution in [-0.4, -0.2) is 15.2 Å². The minimum Gasteiger partial charge on any atom is -0.300 e. The third-order valence-electron chi connectivity index (χ3n) is 2.90. The largest absolute Gasteiger partial charge is 0.300 e. The first-order valence-corrected chi connectivity index (χ1v) is 6.37. The molecule has 0 aromatic carbocycles. The molecule has 1 atom stereocenters. The number of nitrogens with zero attached hydrogens (tertiary/aromatic N) is 2. The quantitative estimate of drug-likeness (QED) is 0.818. The van der Waals surface area contributed by atoms with Gasteiger partial charge in [-0.15, -0.1) is 11.3 Å². The number of rotatable bonds is 4. The summed E-state index contributed by atoms with van der Waals surface area (Å²) in [6.07, 6.45) is 4.76. The van der Waals surface area contributed by atoms with Crippen molar-refractivity contribution < 1.29 is 4.79 Å². The highest BCUT2D eigenvalue weighted by atomic mass is 32.1. The SMILES string of the molecule is CC(=O)C(Cc1cn2ccsc2n1)C(C)C. The summed E-state index contributed by atoms with van der Waals surface area (Å²) in [5.41, 5.74) is 1.01. The monoisotopic (exact) mass is 236 g/mol. The molecule has 2 rings (SSSR count). The Kier molecular flexibility index (Phi) is 3.10. The summed E-state index contributed by atoms with van der Waals surface area (Å²) in [4.78, 5) is 17.0. The lowest BCUT2D eigenvalue weighted by Crippen LogP contribution is -2.20. The minimum atomic E-state index is 0.0876. The molecule has 0 fully saturated rings. The Bertz CT molecular complexity index is 469. The number of fused-ring (bicyclic) bond motifs is 1. The van der Waals surface area contributed by atoms with Crippen molar-refractivity contribution in [2.75, 3.05) is 0 Å². The van der Waals surface area contributed by atoms with Crippen LogP contribution in [0.3, 0.4) is 0 Å². The van der Waals surface area contributed by atoms with E-state index in [9.17, 15) is 4.79 Å². The lowest BCUT2D eigenvalue weighted by atomic mass is 9.88. The Labute approximate surface area is 99.1 Å². The zero-order valence-electron chi connectivity index (χ0n) is 9.80. The second kappa shape index (κ2) is 4.37. The Balaban J connectivity index is 2.19. The molecular weight excluding hydrogens is 220 g/mol. The predicted molar refractivity (Wildman–Crippen MR) is 65.8 cm³/mol. The van der Waals surface area contributed by atoms with Crippen molar-refractivity contribution in [3.05, 3.63) is 23.5 Å². The molecular formula is C12H16N2OS. The van der Waals surface area contributed by atoms with Gasteiger partial charge in [-0.3, -0.25) is 9.20 Å². The Morgan fingerprint density at radius 3 is 2.88 bits per heavy atom. The van der Waals surface area contributed by atoms with Crippen molar-refractivity contribution in [1.29, 1.82) is 0 Å². The highest BCUT2D eigenvalue weighted by molar-refractivity contribution is 7.15.